The van der Waals surface area contributed by atoms with E-state index in [1.54, 1.807) is 37.4 Å². The molecule has 0 radical (unpaired) electrons. The topological polar surface area (TPSA) is 73.6 Å². The van der Waals surface area contributed by atoms with E-state index in [-0.39, 0.29) is 5.91 Å². The first-order chi connectivity index (χ1) is 10.1. The van der Waals surface area contributed by atoms with E-state index < -0.39 is 0 Å². The van der Waals surface area contributed by atoms with Gasteiger partial charge in [0.05, 0.1) is 12.2 Å². The Balaban J connectivity index is 2.32. The van der Waals surface area contributed by atoms with Crippen LogP contribution in [0, 0.1) is 0 Å². The molecule has 110 valence electrons. The summed E-state index contributed by atoms with van der Waals surface area (Å²) in [6.45, 7) is 2.49. The first kappa shape index (κ1) is 14.7. The maximum Gasteiger partial charge on any atom is 0.254 e. The van der Waals surface area contributed by atoms with E-state index in [1.807, 2.05) is 19.1 Å². The van der Waals surface area contributed by atoms with Gasteiger partial charge in [-0.3, -0.25) is 4.79 Å². The SMILES string of the molecule is CCOc1cccc(Oc2cc(N)ccc2C(=O)NC)c1. The van der Waals surface area contributed by atoms with Crippen LogP contribution in [0.5, 0.6) is 17.2 Å². The van der Waals surface area contributed by atoms with Gasteiger partial charge in [-0.2, -0.15) is 0 Å². The predicted molar refractivity (Wildman–Crippen MR) is 81.9 cm³/mol. The highest BCUT2D eigenvalue weighted by atomic mass is 16.5. The largest absolute Gasteiger partial charge is 0.494 e. The molecule has 3 N–H and O–H groups in total. The van der Waals surface area contributed by atoms with Crippen LogP contribution in [0.2, 0.25) is 0 Å². The second-order valence-corrected chi connectivity index (χ2v) is 4.34. The number of amides is 1. The molecular formula is C16H18N2O3. The van der Waals surface area contributed by atoms with Gasteiger partial charge in [0, 0.05) is 24.9 Å². The van der Waals surface area contributed by atoms with Crippen LogP contribution < -0.4 is 20.5 Å². The van der Waals surface area contributed by atoms with Crippen LogP contribution in [0.3, 0.4) is 0 Å². The highest BCUT2D eigenvalue weighted by molar-refractivity contribution is 5.97. The molecule has 0 aliphatic rings. The van der Waals surface area contributed by atoms with Crippen molar-refractivity contribution in [3.05, 3.63) is 48.0 Å². The zero-order valence-corrected chi connectivity index (χ0v) is 12.1. The molecule has 0 spiro atoms. The minimum Gasteiger partial charge on any atom is -0.494 e. The summed E-state index contributed by atoms with van der Waals surface area (Å²) in [5.74, 6) is 1.46. The smallest absolute Gasteiger partial charge is 0.254 e. The number of carbonyl (C=O) groups excluding carboxylic acids is 1. The van der Waals surface area contributed by atoms with E-state index in [4.69, 9.17) is 15.2 Å². The Morgan fingerprint density at radius 2 is 1.95 bits per heavy atom. The molecule has 0 aromatic heterocycles. The fourth-order valence-corrected chi connectivity index (χ4v) is 1.87. The molecule has 0 atom stereocenters. The molecule has 0 aliphatic carbocycles. The Bertz CT molecular complexity index is 641. The lowest BCUT2D eigenvalue weighted by Crippen LogP contribution is -2.18. The number of nitrogens with two attached hydrogens (primary N) is 1. The zero-order chi connectivity index (χ0) is 15.2. The van der Waals surface area contributed by atoms with Crippen LogP contribution in [0.25, 0.3) is 0 Å². The molecule has 0 fully saturated rings. The van der Waals surface area contributed by atoms with Crippen molar-refractivity contribution in [2.24, 2.45) is 0 Å². The Labute approximate surface area is 123 Å². The van der Waals surface area contributed by atoms with Gasteiger partial charge >= 0.3 is 0 Å². The second-order valence-electron chi connectivity index (χ2n) is 4.34. The van der Waals surface area contributed by atoms with Crippen LogP contribution in [-0.4, -0.2) is 19.6 Å². The Morgan fingerprint density at radius 3 is 2.67 bits per heavy atom. The van der Waals surface area contributed by atoms with Gasteiger partial charge in [0.25, 0.3) is 5.91 Å². The van der Waals surface area contributed by atoms with Gasteiger partial charge in [-0.1, -0.05) is 6.07 Å². The number of anilines is 1. The number of carbonyl (C=O) groups is 1. The first-order valence-electron chi connectivity index (χ1n) is 6.66. The summed E-state index contributed by atoms with van der Waals surface area (Å²) in [5.41, 5.74) is 6.71. The fourth-order valence-electron chi connectivity index (χ4n) is 1.87. The minimum atomic E-state index is -0.231. The number of ether oxygens (including phenoxy) is 2. The molecule has 0 aliphatic heterocycles. The van der Waals surface area contributed by atoms with Crippen molar-refractivity contribution in [2.75, 3.05) is 19.4 Å². The van der Waals surface area contributed by atoms with E-state index in [2.05, 4.69) is 5.32 Å². The second kappa shape index (κ2) is 6.65. The lowest BCUT2D eigenvalue weighted by molar-refractivity contribution is 0.0961. The summed E-state index contributed by atoms with van der Waals surface area (Å²) >= 11 is 0. The van der Waals surface area contributed by atoms with Crippen LogP contribution in [0.15, 0.2) is 42.5 Å². The van der Waals surface area contributed by atoms with Crippen LogP contribution >= 0.6 is 0 Å². The number of hydrogen-bond acceptors (Lipinski definition) is 4. The fraction of sp³-hybridized carbons (Fsp3) is 0.188. The van der Waals surface area contributed by atoms with Crippen molar-refractivity contribution >= 4 is 11.6 Å². The van der Waals surface area contributed by atoms with E-state index in [1.165, 1.54) is 0 Å². The maximum atomic E-state index is 11.8. The predicted octanol–water partition coefficient (Wildman–Crippen LogP) is 2.82. The molecular weight excluding hydrogens is 268 g/mol. The molecule has 21 heavy (non-hydrogen) atoms. The quantitative estimate of drug-likeness (QED) is 0.829. The van der Waals surface area contributed by atoms with Gasteiger partial charge in [0.1, 0.15) is 17.2 Å². The number of nitrogen functional groups attached to an aromatic ring is 1. The Morgan fingerprint density at radius 1 is 1.19 bits per heavy atom. The van der Waals surface area contributed by atoms with Gasteiger partial charge in [-0.05, 0) is 31.2 Å². The monoisotopic (exact) mass is 286 g/mol. The molecule has 0 unspecified atom stereocenters. The van der Waals surface area contributed by atoms with Crippen LogP contribution in [0.1, 0.15) is 17.3 Å². The minimum absolute atomic E-state index is 0.231. The lowest BCUT2D eigenvalue weighted by atomic mass is 10.1. The highest BCUT2D eigenvalue weighted by Gasteiger charge is 2.12. The summed E-state index contributed by atoms with van der Waals surface area (Å²) in [5, 5.41) is 2.57. The average molecular weight is 286 g/mol. The van der Waals surface area contributed by atoms with E-state index >= 15 is 0 Å². The van der Waals surface area contributed by atoms with Crippen LogP contribution in [0.4, 0.5) is 5.69 Å². The molecule has 0 saturated heterocycles. The molecule has 1 amide bonds. The molecule has 2 aromatic rings. The molecule has 0 saturated carbocycles. The standard InChI is InChI=1S/C16H18N2O3/c1-3-20-12-5-4-6-13(10-12)21-15-9-11(17)7-8-14(15)16(19)18-2/h4-10H,3,17H2,1-2H3,(H,18,19). The van der Waals surface area contributed by atoms with Gasteiger partial charge in [-0.25, -0.2) is 0 Å². The lowest BCUT2D eigenvalue weighted by Gasteiger charge is -2.12. The number of nitrogens with one attached hydrogen (secondary N) is 1. The zero-order valence-electron chi connectivity index (χ0n) is 12.1. The van der Waals surface area contributed by atoms with E-state index in [0.29, 0.717) is 35.1 Å². The van der Waals surface area contributed by atoms with Gasteiger partial charge in [-0.15, -0.1) is 0 Å². The van der Waals surface area contributed by atoms with Crippen molar-refractivity contribution in [2.45, 2.75) is 6.92 Å². The third-order valence-electron chi connectivity index (χ3n) is 2.82. The van der Waals surface area contributed by atoms with Crippen molar-refractivity contribution in [1.82, 2.24) is 5.32 Å². The third-order valence-corrected chi connectivity index (χ3v) is 2.82. The Hall–Kier alpha value is -2.69. The van der Waals surface area contributed by atoms with E-state index in [9.17, 15) is 4.79 Å². The van der Waals surface area contributed by atoms with Crippen molar-refractivity contribution < 1.29 is 14.3 Å². The molecule has 0 bridgehead atoms. The van der Waals surface area contributed by atoms with Gasteiger partial charge < -0.3 is 20.5 Å². The molecule has 0 heterocycles. The van der Waals surface area contributed by atoms with Gasteiger partial charge in [0.15, 0.2) is 0 Å². The highest BCUT2D eigenvalue weighted by Crippen LogP contribution is 2.29. The molecule has 5 nitrogen and oxygen atoms in total. The summed E-state index contributed by atoms with van der Waals surface area (Å²) in [6.07, 6.45) is 0. The molecule has 2 aromatic carbocycles. The molecule has 2 rings (SSSR count). The number of hydrogen-bond donors (Lipinski definition) is 2. The van der Waals surface area contributed by atoms with Crippen molar-refractivity contribution in [1.29, 1.82) is 0 Å². The van der Waals surface area contributed by atoms with Crippen molar-refractivity contribution in [3.63, 3.8) is 0 Å². The summed E-state index contributed by atoms with van der Waals surface area (Å²) in [4.78, 5) is 11.8. The summed E-state index contributed by atoms with van der Waals surface area (Å²) < 4.78 is 11.2. The number of benzene rings is 2. The average Bonchev–Trinajstić information content (AvgIpc) is 2.47. The maximum absolute atomic E-state index is 11.8. The number of rotatable bonds is 5. The van der Waals surface area contributed by atoms with Gasteiger partial charge in [0.2, 0.25) is 0 Å². The summed E-state index contributed by atoms with van der Waals surface area (Å²) in [6, 6.07) is 12.1. The third kappa shape index (κ3) is 3.66. The summed E-state index contributed by atoms with van der Waals surface area (Å²) in [7, 11) is 1.57. The van der Waals surface area contributed by atoms with E-state index in [0.717, 1.165) is 0 Å². The van der Waals surface area contributed by atoms with Crippen molar-refractivity contribution in [3.8, 4) is 17.2 Å². The first-order valence-corrected chi connectivity index (χ1v) is 6.66. The normalized spacial score (nSPS) is 10.0. The van der Waals surface area contributed by atoms with Crippen LogP contribution in [-0.2, 0) is 0 Å². The molecule has 5 heteroatoms. The Kier molecular flexibility index (Phi) is 4.66.